The molecule has 4 aliphatic rings. The van der Waals surface area contributed by atoms with Crippen molar-refractivity contribution in [1.82, 2.24) is 30.0 Å². The smallest absolute Gasteiger partial charge is 0.354 e. The van der Waals surface area contributed by atoms with Crippen LogP contribution in [0.4, 0.5) is 16.6 Å². The number of imide groups is 1. The molecule has 4 aliphatic heterocycles. The van der Waals surface area contributed by atoms with Crippen LogP contribution in [0.5, 0.6) is 5.75 Å². The van der Waals surface area contributed by atoms with Crippen molar-refractivity contribution in [3.8, 4) is 5.75 Å². The molecule has 11 rings (SSSR count). The zero-order valence-corrected chi connectivity index (χ0v) is 42.0. The minimum absolute atomic E-state index is 0.0437. The van der Waals surface area contributed by atoms with E-state index in [1.165, 1.54) is 35.4 Å². The Bertz CT molecular complexity index is 3160. The number of fused-ring (bicyclic) bond motifs is 3. The number of carbonyl (C=O) groups is 4. The monoisotopic (exact) mass is 999 g/mol. The Labute approximate surface area is 428 Å². The maximum atomic E-state index is 13.6. The van der Waals surface area contributed by atoms with Crippen LogP contribution in [0.15, 0.2) is 97.1 Å². The third kappa shape index (κ3) is 10.5. The minimum Gasteiger partial charge on any atom is -0.494 e. The normalized spacial score (nSPS) is 18.0. The third-order valence-corrected chi connectivity index (χ3v) is 16.4. The van der Waals surface area contributed by atoms with Gasteiger partial charge in [-0.2, -0.15) is 5.10 Å². The van der Waals surface area contributed by atoms with Crippen molar-refractivity contribution in [1.29, 1.82) is 0 Å². The SMILES string of the molecule is Cn1nc(C2CCC(=O)NC2=O)c2cccc(N3CCC(CN4CCC(Cc5ccc(OCCCc6ccc(N7CCc8cccc(C(=O)Nc9nc%10ccccc%10s9)c8C7)nc6C(=O)O)cc5)CC4)CC3)c21. The molecule has 1 atom stereocenters. The number of rotatable bonds is 15. The highest BCUT2D eigenvalue weighted by atomic mass is 32.1. The Balaban J connectivity index is 0.614. The van der Waals surface area contributed by atoms with E-state index >= 15 is 0 Å². The summed E-state index contributed by atoms with van der Waals surface area (Å²) in [4.78, 5) is 67.0. The molecule has 3 N–H and O–H groups in total. The van der Waals surface area contributed by atoms with Crippen LogP contribution >= 0.6 is 11.3 Å². The van der Waals surface area contributed by atoms with E-state index in [-0.39, 0.29) is 23.4 Å². The number of anilines is 3. The minimum atomic E-state index is -1.06. The molecule has 0 saturated carbocycles. The molecule has 1 unspecified atom stereocenters. The number of aromatic carboxylic acids is 1. The van der Waals surface area contributed by atoms with Gasteiger partial charge >= 0.3 is 5.97 Å². The van der Waals surface area contributed by atoms with E-state index in [0.717, 1.165) is 95.7 Å². The first-order chi connectivity index (χ1) is 35.6. The maximum absolute atomic E-state index is 13.6. The van der Waals surface area contributed by atoms with Gasteiger partial charge in [-0.3, -0.25) is 29.7 Å². The fourth-order valence-electron chi connectivity index (χ4n) is 11.5. The average Bonchev–Trinajstić information content (AvgIpc) is 3.98. The molecular formula is C57H61N9O6S. The number of likely N-dealkylation sites (tertiary alicyclic amines) is 1. The molecule has 3 fully saturated rings. The summed E-state index contributed by atoms with van der Waals surface area (Å²) < 4.78 is 9.05. The second-order valence-corrected chi connectivity index (χ2v) is 21.2. The highest BCUT2D eigenvalue weighted by molar-refractivity contribution is 7.22. The largest absolute Gasteiger partial charge is 0.494 e. The van der Waals surface area contributed by atoms with Gasteiger partial charge in [0.15, 0.2) is 10.8 Å². The van der Waals surface area contributed by atoms with Crippen LogP contribution in [-0.4, -0.2) is 99.3 Å². The number of hydrogen-bond acceptors (Lipinski definition) is 12. The molecule has 0 aliphatic carbocycles. The summed E-state index contributed by atoms with van der Waals surface area (Å²) in [7, 11) is 1.95. The number of pyridine rings is 1. The third-order valence-electron chi connectivity index (χ3n) is 15.4. The number of benzene rings is 4. The van der Waals surface area contributed by atoms with Gasteiger partial charge in [-0.15, -0.1) is 0 Å². The summed E-state index contributed by atoms with van der Waals surface area (Å²) >= 11 is 1.44. The Hall–Kier alpha value is -7.17. The fraction of sp³-hybridized carbons (Fsp3) is 0.386. The molecule has 3 amide bonds. The molecule has 73 heavy (non-hydrogen) atoms. The molecule has 0 bridgehead atoms. The van der Waals surface area contributed by atoms with Crippen molar-refractivity contribution >= 4 is 72.8 Å². The second-order valence-electron chi connectivity index (χ2n) is 20.2. The van der Waals surface area contributed by atoms with E-state index in [0.29, 0.717) is 85.7 Å². The maximum Gasteiger partial charge on any atom is 0.354 e. The first-order valence-electron chi connectivity index (χ1n) is 25.8. The molecule has 7 heterocycles. The lowest BCUT2D eigenvalue weighted by molar-refractivity contribution is -0.134. The molecule has 0 radical (unpaired) electrons. The molecule has 376 valence electrons. The van der Waals surface area contributed by atoms with Gasteiger partial charge in [-0.1, -0.05) is 65.9 Å². The summed E-state index contributed by atoms with van der Waals surface area (Å²) in [5.74, 6) is 0.553. The van der Waals surface area contributed by atoms with Crippen LogP contribution in [0.3, 0.4) is 0 Å². The number of carboxylic acids is 1. The molecular weight excluding hydrogens is 939 g/mol. The molecule has 3 aromatic heterocycles. The summed E-state index contributed by atoms with van der Waals surface area (Å²) in [5, 5.41) is 22.1. The predicted molar refractivity (Wildman–Crippen MR) is 284 cm³/mol. The molecule has 15 nitrogen and oxygen atoms in total. The van der Waals surface area contributed by atoms with Gasteiger partial charge in [-0.05, 0) is 147 Å². The number of carbonyl (C=O) groups excluding carboxylic acids is 3. The van der Waals surface area contributed by atoms with E-state index in [2.05, 4.69) is 72.9 Å². The van der Waals surface area contributed by atoms with Crippen LogP contribution in [0.2, 0.25) is 0 Å². The van der Waals surface area contributed by atoms with E-state index < -0.39 is 11.9 Å². The number of piperidine rings is 3. The van der Waals surface area contributed by atoms with Gasteiger partial charge in [0.05, 0.1) is 39.6 Å². The lowest BCUT2D eigenvalue weighted by Crippen LogP contribution is -2.42. The standard InChI is InChI=1S/C57H61N9O6S/c1-63-53-43(52(62-63)44-19-21-50(67)60-55(44)69)10-5-12-47(53)65-29-24-38(25-30-65)34-64-27-22-37(23-28-64)33-36-14-17-41(18-15-36)72-32-6-8-40-16-20-49(59-51(40)56(70)71)66-31-26-39-7-4-9-42(45(39)35-66)54(68)61-57-58-46-11-2-3-13-48(46)73-57/h2-5,7,9-18,20,37-38,44H,6,8,19,21-35H2,1H3,(H,70,71)(H,58,61,68)(H,60,67,69). The quantitative estimate of drug-likeness (QED) is 0.0659. The van der Waals surface area contributed by atoms with Gasteiger partial charge in [-0.25, -0.2) is 14.8 Å². The van der Waals surface area contributed by atoms with E-state index in [9.17, 15) is 24.3 Å². The van der Waals surface area contributed by atoms with Crippen molar-refractivity contribution in [3.05, 3.63) is 136 Å². The lowest BCUT2D eigenvalue weighted by atomic mass is 9.89. The van der Waals surface area contributed by atoms with Gasteiger partial charge in [0.2, 0.25) is 11.8 Å². The second kappa shape index (κ2) is 21.1. The van der Waals surface area contributed by atoms with E-state index in [4.69, 9.17) is 9.84 Å². The topological polar surface area (TPSA) is 175 Å². The van der Waals surface area contributed by atoms with Gasteiger partial charge in [0.25, 0.3) is 5.91 Å². The zero-order valence-electron chi connectivity index (χ0n) is 41.2. The molecule has 7 aromatic rings. The first-order valence-corrected chi connectivity index (χ1v) is 26.7. The van der Waals surface area contributed by atoms with Crippen LogP contribution in [-0.2, 0) is 42.4 Å². The fourth-order valence-corrected chi connectivity index (χ4v) is 12.4. The van der Waals surface area contributed by atoms with Crippen molar-refractivity contribution in [3.63, 3.8) is 0 Å². The van der Waals surface area contributed by atoms with Crippen molar-refractivity contribution in [2.45, 2.75) is 76.7 Å². The molecule has 3 saturated heterocycles. The average molecular weight is 1000 g/mol. The van der Waals surface area contributed by atoms with E-state index in [1.54, 1.807) is 0 Å². The Morgan fingerprint density at radius 3 is 2.41 bits per heavy atom. The summed E-state index contributed by atoms with van der Waals surface area (Å²) in [6, 6.07) is 32.1. The number of carboxylic acid groups (broad SMARTS) is 1. The summed E-state index contributed by atoms with van der Waals surface area (Å²) in [5.41, 5.74) is 8.44. The van der Waals surface area contributed by atoms with Crippen molar-refractivity contribution < 1.29 is 29.0 Å². The number of ether oxygens (including phenoxy) is 1. The number of nitrogens with zero attached hydrogens (tertiary/aromatic N) is 7. The van der Waals surface area contributed by atoms with Gasteiger partial charge in [0.1, 0.15) is 11.6 Å². The summed E-state index contributed by atoms with van der Waals surface area (Å²) in [6.45, 7) is 6.94. The molecule has 4 aromatic carbocycles. The number of nitrogens with one attached hydrogen (secondary N) is 2. The zero-order chi connectivity index (χ0) is 50.0. The number of aryl methyl sites for hydroxylation is 2. The Morgan fingerprint density at radius 2 is 1.62 bits per heavy atom. The number of amides is 3. The number of para-hydroxylation sites is 2. The first kappa shape index (κ1) is 48.1. The summed E-state index contributed by atoms with van der Waals surface area (Å²) in [6.07, 6.45) is 8.43. The van der Waals surface area contributed by atoms with Crippen LogP contribution in [0.1, 0.15) is 99.7 Å². The Kier molecular flexibility index (Phi) is 13.9. The lowest BCUT2D eigenvalue weighted by Gasteiger charge is -2.38. The highest BCUT2D eigenvalue weighted by Crippen LogP contribution is 2.37. The van der Waals surface area contributed by atoms with Crippen molar-refractivity contribution in [2.75, 3.05) is 61.0 Å². The predicted octanol–water partition coefficient (Wildman–Crippen LogP) is 8.79. The highest BCUT2D eigenvalue weighted by Gasteiger charge is 2.33. The van der Waals surface area contributed by atoms with Crippen LogP contribution in [0, 0.1) is 11.8 Å². The number of aromatic nitrogens is 4. The molecule has 16 heteroatoms. The number of hydrogen-bond donors (Lipinski definition) is 3. The van der Waals surface area contributed by atoms with Gasteiger partial charge in [0, 0.05) is 57.1 Å². The Morgan fingerprint density at radius 1 is 0.822 bits per heavy atom. The van der Waals surface area contributed by atoms with E-state index in [1.807, 2.05) is 71.2 Å². The van der Waals surface area contributed by atoms with Gasteiger partial charge < -0.3 is 24.5 Å². The molecule has 0 spiro atoms. The number of thiazole rings is 1. The van der Waals surface area contributed by atoms with Crippen LogP contribution in [0.25, 0.3) is 21.1 Å². The van der Waals surface area contributed by atoms with Crippen molar-refractivity contribution in [2.24, 2.45) is 18.9 Å². The van der Waals surface area contributed by atoms with Crippen LogP contribution < -0.4 is 25.2 Å².